The zero-order valence-electron chi connectivity index (χ0n) is 8.97. The van der Waals surface area contributed by atoms with Crippen molar-refractivity contribution in [2.45, 2.75) is 19.3 Å². The van der Waals surface area contributed by atoms with Crippen molar-refractivity contribution >= 4 is 0 Å². The first kappa shape index (κ1) is 12.6. The predicted molar refractivity (Wildman–Crippen MR) is 57.8 cm³/mol. The molecule has 0 heterocycles. The number of unbranched alkanes of at least 4 members (excludes halogenated alkanes) is 1. The van der Waals surface area contributed by atoms with Crippen LogP contribution in [0.1, 0.15) is 18.4 Å². The average molecular weight is 224 g/mol. The maximum atomic E-state index is 12.8. The molecule has 0 saturated heterocycles. The Morgan fingerprint density at radius 1 is 1.12 bits per heavy atom. The Hall–Kier alpha value is -1.47. The summed E-state index contributed by atoms with van der Waals surface area (Å²) in [5.74, 6) is -1.08. The molecule has 16 heavy (non-hydrogen) atoms. The van der Waals surface area contributed by atoms with Crippen LogP contribution in [0.3, 0.4) is 0 Å². The van der Waals surface area contributed by atoms with Gasteiger partial charge in [-0.3, -0.25) is 0 Å². The normalized spacial score (nSPS) is 10.1. The van der Waals surface area contributed by atoms with E-state index in [4.69, 9.17) is 5.26 Å². The van der Waals surface area contributed by atoms with Gasteiger partial charge in [0, 0.05) is 12.5 Å². The molecule has 0 aromatic heterocycles. The zero-order chi connectivity index (χ0) is 11.8. The minimum Gasteiger partial charge on any atom is -0.316 e. The molecule has 0 fully saturated rings. The second-order valence-electron chi connectivity index (χ2n) is 3.54. The molecule has 1 aromatic rings. The molecule has 0 saturated carbocycles. The molecule has 0 aliphatic carbocycles. The second kappa shape index (κ2) is 6.91. The first-order valence-corrected chi connectivity index (χ1v) is 5.25. The lowest BCUT2D eigenvalue weighted by molar-refractivity contribution is 0.577. The molecule has 4 heteroatoms. The molecule has 0 spiro atoms. The Labute approximate surface area is 93.9 Å². The van der Waals surface area contributed by atoms with Gasteiger partial charge in [0.2, 0.25) is 0 Å². The van der Waals surface area contributed by atoms with Gasteiger partial charge in [-0.1, -0.05) is 0 Å². The molecular weight excluding hydrogens is 210 g/mol. The molecule has 0 bridgehead atoms. The highest BCUT2D eigenvalue weighted by molar-refractivity contribution is 5.18. The van der Waals surface area contributed by atoms with E-state index in [1.54, 1.807) is 0 Å². The van der Waals surface area contributed by atoms with Gasteiger partial charge in [0.25, 0.3) is 0 Å². The number of nitriles is 1. The molecule has 0 unspecified atom stereocenters. The molecule has 0 atom stereocenters. The number of halogens is 2. The van der Waals surface area contributed by atoms with Gasteiger partial charge >= 0.3 is 0 Å². The van der Waals surface area contributed by atoms with Gasteiger partial charge in [-0.15, -0.1) is 0 Å². The highest BCUT2D eigenvalue weighted by Crippen LogP contribution is 2.07. The van der Waals surface area contributed by atoms with Crippen molar-refractivity contribution in [2.24, 2.45) is 0 Å². The number of benzene rings is 1. The smallest absolute Gasteiger partial charge is 0.126 e. The molecule has 1 rings (SSSR count). The third kappa shape index (κ3) is 4.85. The van der Waals surface area contributed by atoms with Gasteiger partial charge in [0.1, 0.15) is 11.6 Å². The topological polar surface area (TPSA) is 35.8 Å². The first-order chi connectivity index (χ1) is 7.72. The van der Waals surface area contributed by atoms with E-state index < -0.39 is 11.6 Å². The molecule has 1 N–H and O–H groups in total. The summed E-state index contributed by atoms with van der Waals surface area (Å²) in [5, 5.41) is 11.4. The van der Waals surface area contributed by atoms with Crippen LogP contribution in [0.25, 0.3) is 0 Å². The van der Waals surface area contributed by atoms with Crippen LogP contribution >= 0.6 is 0 Å². The first-order valence-electron chi connectivity index (χ1n) is 5.25. The van der Waals surface area contributed by atoms with Gasteiger partial charge in [0.15, 0.2) is 0 Å². The van der Waals surface area contributed by atoms with Gasteiger partial charge in [-0.05, 0) is 43.6 Å². The van der Waals surface area contributed by atoms with E-state index >= 15 is 0 Å². The number of hydrogen-bond acceptors (Lipinski definition) is 2. The Kier molecular flexibility index (Phi) is 5.44. The van der Waals surface area contributed by atoms with Crippen molar-refractivity contribution in [3.05, 3.63) is 35.4 Å². The molecule has 0 radical (unpaired) electrons. The summed E-state index contributed by atoms with van der Waals surface area (Å²) in [6.07, 6.45) is 1.91. The van der Waals surface area contributed by atoms with Crippen molar-refractivity contribution in [3.63, 3.8) is 0 Å². The zero-order valence-corrected chi connectivity index (χ0v) is 8.97. The minimum absolute atomic E-state index is 0.529. The average Bonchev–Trinajstić information content (AvgIpc) is 2.22. The monoisotopic (exact) mass is 224 g/mol. The molecule has 0 aliphatic rings. The maximum absolute atomic E-state index is 12.8. The molecule has 1 aromatic carbocycles. The molecule has 0 amide bonds. The lowest BCUT2D eigenvalue weighted by atomic mass is 10.1. The summed E-state index contributed by atoms with van der Waals surface area (Å²) in [5.41, 5.74) is 0.644. The van der Waals surface area contributed by atoms with Crippen LogP contribution in [0.15, 0.2) is 18.2 Å². The highest BCUT2D eigenvalue weighted by Gasteiger charge is 1.99. The Morgan fingerprint density at radius 3 is 2.44 bits per heavy atom. The summed E-state index contributed by atoms with van der Waals surface area (Å²) in [6.45, 7) is 1.42. The quantitative estimate of drug-likeness (QED) is 0.753. The fourth-order valence-electron chi connectivity index (χ4n) is 1.41. The SMILES string of the molecule is N#CCCCNCCc1cc(F)cc(F)c1. The third-order valence-electron chi connectivity index (χ3n) is 2.15. The fourth-order valence-corrected chi connectivity index (χ4v) is 1.41. The van der Waals surface area contributed by atoms with Crippen LogP contribution < -0.4 is 5.32 Å². The van der Waals surface area contributed by atoms with Gasteiger partial charge < -0.3 is 5.32 Å². The van der Waals surface area contributed by atoms with E-state index in [9.17, 15) is 8.78 Å². The molecule has 0 aliphatic heterocycles. The van der Waals surface area contributed by atoms with Gasteiger partial charge in [-0.2, -0.15) is 5.26 Å². The minimum atomic E-state index is -0.542. The van der Waals surface area contributed by atoms with Gasteiger partial charge in [-0.25, -0.2) is 8.78 Å². The van der Waals surface area contributed by atoms with E-state index in [1.807, 2.05) is 0 Å². The summed E-state index contributed by atoms with van der Waals surface area (Å²) < 4.78 is 25.6. The largest absolute Gasteiger partial charge is 0.316 e. The van der Waals surface area contributed by atoms with E-state index in [2.05, 4.69) is 11.4 Å². The number of rotatable bonds is 6. The third-order valence-corrected chi connectivity index (χ3v) is 2.15. The Morgan fingerprint density at radius 2 is 1.81 bits per heavy atom. The van der Waals surface area contributed by atoms with Crippen molar-refractivity contribution in [1.82, 2.24) is 5.32 Å². The molecule has 2 nitrogen and oxygen atoms in total. The number of hydrogen-bond donors (Lipinski definition) is 1. The summed E-state index contributed by atoms with van der Waals surface area (Å²) >= 11 is 0. The van der Waals surface area contributed by atoms with Crippen molar-refractivity contribution < 1.29 is 8.78 Å². The van der Waals surface area contributed by atoms with Crippen LogP contribution in [0.4, 0.5) is 8.78 Å². The van der Waals surface area contributed by atoms with E-state index in [1.165, 1.54) is 12.1 Å². The van der Waals surface area contributed by atoms with Gasteiger partial charge in [0.05, 0.1) is 6.07 Å². The van der Waals surface area contributed by atoms with Crippen LogP contribution in [-0.2, 0) is 6.42 Å². The van der Waals surface area contributed by atoms with Crippen molar-refractivity contribution in [3.8, 4) is 6.07 Å². The number of nitrogens with zero attached hydrogens (tertiary/aromatic N) is 1. The molecular formula is C12H14F2N2. The van der Waals surface area contributed by atoms with Crippen molar-refractivity contribution in [1.29, 1.82) is 5.26 Å². The summed E-state index contributed by atoms with van der Waals surface area (Å²) in [4.78, 5) is 0. The van der Waals surface area contributed by atoms with Crippen LogP contribution in [0.5, 0.6) is 0 Å². The summed E-state index contributed by atoms with van der Waals surface area (Å²) in [6, 6.07) is 5.58. The lowest BCUT2D eigenvalue weighted by Crippen LogP contribution is -2.18. The van der Waals surface area contributed by atoms with E-state index in [-0.39, 0.29) is 0 Å². The van der Waals surface area contributed by atoms with Crippen molar-refractivity contribution in [2.75, 3.05) is 13.1 Å². The van der Waals surface area contributed by atoms with E-state index in [0.29, 0.717) is 24.9 Å². The maximum Gasteiger partial charge on any atom is 0.126 e. The Balaban J connectivity index is 2.24. The summed E-state index contributed by atoms with van der Waals surface area (Å²) in [7, 11) is 0. The standard InChI is InChI=1S/C12H14F2N2/c13-11-7-10(8-12(14)9-11)3-6-16-5-2-1-4-15/h7-9,16H,1-3,5-6H2. The van der Waals surface area contributed by atoms with Crippen LogP contribution in [-0.4, -0.2) is 13.1 Å². The second-order valence-corrected chi connectivity index (χ2v) is 3.54. The Bertz CT molecular complexity index is 352. The predicted octanol–water partition coefficient (Wildman–Crippen LogP) is 2.40. The lowest BCUT2D eigenvalue weighted by Gasteiger charge is -2.04. The molecule has 86 valence electrons. The van der Waals surface area contributed by atoms with Crippen LogP contribution in [0, 0.1) is 23.0 Å². The van der Waals surface area contributed by atoms with E-state index in [0.717, 1.165) is 19.0 Å². The highest BCUT2D eigenvalue weighted by atomic mass is 19.1. The van der Waals surface area contributed by atoms with Crippen LogP contribution in [0.2, 0.25) is 0 Å². The number of nitrogens with one attached hydrogen (secondary N) is 1. The fraction of sp³-hybridized carbons (Fsp3) is 0.417.